The number of hydrogen-bond donors (Lipinski definition) is 1. The van der Waals surface area contributed by atoms with Crippen LogP contribution in [0.3, 0.4) is 0 Å². The molecule has 0 saturated heterocycles. The van der Waals surface area contributed by atoms with Crippen molar-refractivity contribution < 1.29 is 9.90 Å². The first-order valence-corrected chi connectivity index (χ1v) is 5.70. The summed E-state index contributed by atoms with van der Waals surface area (Å²) >= 11 is 0. The van der Waals surface area contributed by atoms with E-state index in [0.717, 1.165) is 19.3 Å². The van der Waals surface area contributed by atoms with Crippen molar-refractivity contribution in [2.24, 2.45) is 5.92 Å². The molecule has 1 N–H and O–H groups in total. The molecular formula is C12H24O2. The van der Waals surface area contributed by atoms with E-state index in [2.05, 4.69) is 0 Å². The van der Waals surface area contributed by atoms with Gasteiger partial charge >= 0.3 is 0 Å². The number of aliphatic hydroxyl groups excluding tert-OH is 1. The van der Waals surface area contributed by atoms with Gasteiger partial charge in [0.25, 0.3) is 0 Å². The van der Waals surface area contributed by atoms with E-state index in [1.807, 2.05) is 13.8 Å². The van der Waals surface area contributed by atoms with Crippen molar-refractivity contribution in [3.05, 3.63) is 0 Å². The van der Waals surface area contributed by atoms with Gasteiger partial charge in [0.15, 0.2) is 0 Å². The van der Waals surface area contributed by atoms with E-state index in [9.17, 15) is 4.79 Å². The highest BCUT2D eigenvalue weighted by molar-refractivity contribution is 5.75. The van der Waals surface area contributed by atoms with Crippen molar-refractivity contribution >= 4 is 5.78 Å². The van der Waals surface area contributed by atoms with E-state index in [0.29, 0.717) is 5.92 Å². The highest BCUT2D eigenvalue weighted by Gasteiger charge is 2.07. The minimum Gasteiger partial charge on any atom is -0.393 e. The summed E-state index contributed by atoms with van der Waals surface area (Å²) in [5, 5.41) is 8.91. The molecule has 0 aromatic carbocycles. The molecule has 0 bridgehead atoms. The summed E-state index contributed by atoms with van der Waals surface area (Å²) in [5.41, 5.74) is 0. The Morgan fingerprint density at radius 3 is 1.93 bits per heavy atom. The van der Waals surface area contributed by atoms with Crippen molar-refractivity contribution in [3.8, 4) is 0 Å². The maximum absolute atomic E-state index is 10.3. The molecule has 0 spiro atoms. The number of carbonyl (C=O) groups is 1. The molecule has 0 amide bonds. The van der Waals surface area contributed by atoms with Gasteiger partial charge in [-0.25, -0.2) is 0 Å². The Morgan fingerprint density at radius 2 is 1.79 bits per heavy atom. The Hall–Kier alpha value is -0.370. The van der Waals surface area contributed by atoms with Crippen molar-refractivity contribution in [3.63, 3.8) is 0 Å². The van der Waals surface area contributed by atoms with Crippen LogP contribution in [0.25, 0.3) is 0 Å². The molecule has 1 rings (SSSR count). The van der Waals surface area contributed by atoms with Crippen LogP contribution in [0.15, 0.2) is 0 Å². The third-order valence-corrected chi connectivity index (χ3v) is 2.27. The van der Waals surface area contributed by atoms with E-state index in [4.69, 9.17) is 5.11 Å². The summed E-state index contributed by atoms with van der Waals surface area (Å²) in [6.07, 6.45) is 6.65. The quantitative estimate of drug-likeness (QED) is 0.744. The summed E-state index contributed by atoms with van der Waals surface area (Å²) < 4.78 is 0. The predicted octanol–water partition coefficient (Wildman–Crippen LogP) is 2.93. The first-order valence-electron chi connectivity index (χ1n) is 5.70. The molecule has 1 aliphatic rings. The molecule has 1 fully saturated rings. The summed E-state index contributed by atoms with van der Waals surface area (Å²) in [4.78, 5) is 10.3. The summed E-state index contributed by atoms with van der Waals surface area (Å²) in [6, 6.07) is 0. The van der Waals surface area contributed by atoms with Crippen molar-refractivity contribution in [1.82, 2.24) is 0 Å². The zero-order valence-electron chi connectivity index (χ0n) is 9.75. The second-order valence-electron chi connectivity index (χ2n) is 4.59. The van der Waals surface area contributed by atoms with Crippen LogP contribution in [0.5, 0.6) is 0 Å². The van der Waals surface area contributed by atoms with Crippen LogP contribution in [-0.4, -0.2) is 17.0 Å². The first kappa shape index (κ1) is 13.6. The number of aliphatic hydroxyl groups is 1. The van der Waals surface area contributed by atoms with Crippen molar-refractivity contribution in [2.45, 2.75) is 65.4 Å². The zero-order chi connectivity index (χ0) is 11.0. The zero-order valence-corrected chi connectivity index (χ0v) is 9.75. The van der Waals surface area contributed by atoms with Crippen LogP contribution in [0.4, 0.5) is 0 Å². The Morgan fingerprint density at radius 1 is 1.29 bits per heavy atom. The summed E-state index contributed by atoms with van der Waals surface area (Å²) in [5.74, 6) is 0.813. The van der Waals surface area contributed by atoms with Gasteiger partial charge in [-0.3, -0.25) is 0 Å². The van der Waals surface area contributed by atoms with Gasteiger partial charge in [0.05, 0.1) is 6.10 Å². The maximum Gasteiger partial charge on any atom is 0.130 e. The molecule has 0 atom stereocenters. The molecule has 14 heavy (non-hydrogen) atoms. The SMILES string of the molecule is CC(=O)CC(C)C.OC1CCCCC1. The standard InChI is InChI=1S/2C6H12O/c7-6-4-2-1-3-5-6;1-5(2)4-6(3)7/h6-7H,1-5H2;5H,4H2,1-3H3. The third-order valence-electron chi connectivity index (χ3n) is 2.27. The van der Waals surface area contributed by atoms with Gasteiger partial charge in [-0.05, 0) is 25.7 Å². The normalized spacial score (nSPS) is 17.5. The third kappa shape index (κ3) is 9.72. The van der Waals surface area contributed by atoms with E-state index < -0.39 is 0 Å². The number of rotatable bonds is 2. The van der Waals surface area contributed by atoms with Crippen LogP contribution in [0.1, 0.15) is 59.3 Å². The highest BCUT2D eigenvalue weighted by Crippen LogP contribution is 2.16. The molecule has 0 radical (unpaired) electrons. The minimum absolute atomic E-state index is 0.0359. The van der Waals surface area contributed by atoms with Gasteiger partial charge < -0.3 is 9.90 Å². The van der Waals surface area contributed by atoms with Gasteiger partial charge in [-0.15, -0.1) is 0 Å². The fourth-order valence-corrected chi connectivity index (χ4v) is 1.66. The van der Waals surface area contributed by atoms with Crippen LogP contribution in [0, 0.1) is 5.92 Å². The molecule has 0 aromatic rings. The lowest BCUT2D eigenvalue weighted by atomic mass is 9.98. The lowest BCUT2D eigenvalue weighted by molar-refractivity contribution is -0.117. The molecule has 2 heteroatoms. The van der Waals surface area contributed by atoms with E-state index in [1.165, 1.54) is 19.3 Å². The van der Waals surface area contributed by atoms with Crippen LogP contribution >= 0.6 is 0 Å². The molecule has 84 valence electrons. The van der Waals surface area contributed by atoms with Crippen LogP contribution < -0.4 is 0 Å². The fraction of sp³-hybridized carbons (Fsp3) is 0.917. The molecule has 1 aliphatic carbocycles. The van der Waals surface area contributed by atoms with E-state index in [-0.39, 0.29) is 11.9 Å². The summed E-state index contributed by atoms with van der Waals surface area (Å²) in [7, 11) is 0. The predicted molar refractivity (Wildman–Crippen MR) is 59.2 cm³/mol. The summed E-state index contributed by atoms with van der Waals surface area (Å²) in [6.45, 7) is 5.71. The molecule has 0 aromatic heterocycles. The van der Waals surface area contributed by atoms with Gasteiger partial charge in [0, 0.05) is 6.42 Å². The number of ketones is 1. The monoisotopic (exact) mass is 200 g/mol. The van der Waals surface area contributed by atoms with Crippen LogP contribution in [-0.2, 0) is 4.79 Å². The second kappa shape index (κ2) is 7.98. The molecular weight excluding hydrogens is 176 g/mol. The average Bonchev–Trinajstić information content (AvgIpc) is 2.03. The topological polar surface area (TPSA) is 37.3 Å². The average molecular weight is 200 g/mol. The maximum atomic E-state index is 10.3. The van der Waals surface area contributed by atoms with Crippen molar-refractivity contribution in [1.29, 1.82) is 0 Å². The Balaban J connectivity index is 0.000000241. The lowest BCUT2D eigenvalue weighted by Crippen LogP contribution is -2.09. The smallest absolute Gasteiger partial charge is 0.130 e. The van der Waals surface area contributed by atoms with E-state index >= 15 is 0 Å². The largest absolute Gasteiger partial charge is 0.393 e. The number of carbonyl (C=O) groups excluding carboxylic acids is 1. The van der Waals surface area contributed by atoms with E-state index in [1.54, 1.807) is 6.92 Å². The molecule has 0 aliphatic heterocycles. The second-order valence-corrected chi connectivity index (χ2v) is 4.59. The lowest BCUT2D eigenvalue weighted by Gasteiger charge is -2.14. The molecule has 1 saturated carbocycles. The van der Waals surface area contributed by atoms with Crippen molar-refractivity contribution in [2.75, 3.05) is 0 Å². The Bertz CT molecular complexity index is 146. The minimum atomic E-state index is 0.0359. The molecule has 2 nitrogen and oxygen atoms in total. The van der Waals surface area contributed by atoms with Gasteiger partial charge in [-0.1, -0.05) is 33.1 Å². The Labute approximate surface area is 87.7 Å². The highest BCUT2D eigenvalue weighted by atomic mass is 16.3. The van der Waals surface area contributed by atoms with Gasteiger partial charge in [0.2, 0.25) is 0 Å². The van der Waals surface area contributed by atoms with Crippen LogP contribution in [0.2, 0.25) is 0 Å². The van der Waals surface area contributed by atoms with Gasteiger partial charge in [0.1, 0.15) is 5.78 Å². The molecule has 0 heterocycles. The van der Waals surface area contributed by atoms with Gasteiger partial charge in [-0.2, -0.15) is 0 Å². The number of hydrogen-bond acceptors (Lipinski definition) is 2. The fourth-order valence-electron chi connectivity index (χ4n) is 1.66. The molecule has 0 unspecified atom stereocenters. The number of Topliss-reactive ketones (excluding diaryl/α,β-unsaturated/α-hetero) is 1. The first-order chi connectivity index (χ1) is 6.52. The Kier molecular flexibility index (Phi) is 7.77.